The van der Waals surface area contributed by atoms with Crippen LogP contribution in [-0.4, -0.2) is 22.5 Å². The minimum Gasteiger partial charge on any atom is -0.451 e. The van der Waals surface area contributed by atoms with E-state index in [9.17, 15) is 14.4 Å². The Hall–Kier alpha value is -2.60. The molecule has 0 saturated heterocycles. The maximum atomic E-state index is 12.0. The number of ether oxygens (including phenoxy) is 1. The lowest BCUT2D eigenvalue weighted by Gasteiger charge is -2.14. The van der Waals surface area contributed by atoms with Crippen LogP contribution < -0.4 is 10.9 Å². The standard InChI is InChI=1S/C17H17ClN2O4/c1-12(17(23)19-10-13-6-2-3-7-14(13)18)24-16(22)11-20-9-5-4-8-15(20)21/h2-9,12H,10-11H2,1H3,(H,19,23)/t12-/m1/s1. The van der Waals surface area contributed by atoms with Gasteiger partial charge < -0.3 is 14.6 Å². The molecule has 6 nitrogen and oxygen atoms in total. The molecule has 0 unspecified atom stereocenters. The topological polar surface area (TPSA) is 77.4 Å². The lowest BCUT2D eigenvalue weighted by atomic mass is 10.2. The molecule has 0 aliphatic rings. The van der Waals surface area contributed by atoms with Crippen molar-refractivity contribution in [1.82, 2.24) is 9.88 Å². The number of halogens is 1. The molecule has 7 heteroatoms. The lowest BCUT2D eigenvalue weighted by Crippen LogP contribution is -2.36. The molecule has 1 heterocycles. The number of hydrogen-bond donors (Lipinski definition) is 1. The van der Waals surface area contributed by atoms with Crippen molar-refractivity contribution in [1.29, 1.82) is 0 Å². The predicted molar refractivity (Wildman–Crippen MR) is 89.6 cm³/mol. The van der Waals surface area contributed by atoms with Gasteiger partial charge in [0, 0.05) is 23.8 Å². The van der Waals surface area contributed by atoms with Gasteiger partial charge in [-0.1, -0.05) is 35.9 Å². The Morgan fingerprint density at radius 2 is 1.92 bits per heavy atom. The van der Waals surface area contributed by atoms with Gasteiger partial charge in [0.15, 0.2) is 6.10 Å². The van der Waals surface area contributed by atoms with Crippen molar-refractivity contribution >= 4 is 23.5 Å². The molecule has 2 rings (SSSR count). The first-order valence-electron chi connectivity index (χ1n) is 7.33. The Balaban J connectivity index is 1.85. The highest BCUT2D eigenvalue weighted by molar-refractivity contribution is 6.31. The zero-order valence-corrected chi connectivity index (χ0v) is 13.8. The zero-order chi connectivity index (χ0) is 17.5. The van der Waals surface area contributed by atoms with Crippen LogP contribution in [0.2, 0.25) is 5.02 Å². The summed E-state index contributed by atoms with van der Waals surface area (Å²) >= 11 is 6.01. The van der Waals surface area contributed by atoms with Crippen molar-refractivity contribution in [2.75, 3.05) is 0 Å². The van der Waals surface area contributed by atoms with Gasteiger partial charge in [0.05, 0.1) is 0 Å². The third kappa shape index (κ3) is 4.96. The summed E-state index contributed by atoms with van der Waals surface area (Å²) in [5.74, 6) is -1.10. The van der Waals surface area contributed by atoms with Crippen LogP contribution >= 0.6 is 11.6 Å². The Morgan fingerprint density at radius 3 is 2.62 bits per heavy atom. The van der Waals surface area contributed by atoms with E-state index < -0.39 is 18.0 Å². The first kappa shape index (κ1) is 17.7. The molecule has 0 fully saturated rings. The SMILES string of the molecule is C[C@@H](OC(=O)Cn1ccccc1=O)C(=O)NCc1ccccc1Cl. The van der Waals surface area contributed by atoms with Crippen molar-refractivity contribution in [3.63, 3.8) is 0 Å². The van der Waals surface area contributed by atoms with E-state index in [0.717, 1.165) is 5.56 Å². The molecule has 1 N–H and O–H groups in total. The average molecular weight is 349 g/mol. The number of hydrogen-bond acceptors (Lipinski definition) is 4. The van der Waals surface area contributed by atoms with Crippen LogP contribution in [0, 0.1) is 0 Å². The van der Waals surface area contributed by atoms with E-state index in [4.69, 9.17) is 16.3 Å². The van der Waals surface area contributed by atoms with Crippen LogP contribution in [-0.2, 0) is 27.4 Å². The fourth-order valence-electron chi connectivity index (χ4n) is 1.99. The van der Waals surface area contributed by atoms with E-state index in [2.05, 4.69) is 5.32 Å². The van der Waals surface area contributed by atoms with Gasteiger partial charge in [-0.15, -0.1) is 0 Å². The molecule has 1 aromatic heterocycles. The quantitative estimate of drug-likeness (QED) is 0.807. The van der Waals surface area contributed by atoms with Crippen LogP contribution in [0.5, 0.6) is 0 Å². The third-order valence-corrected chi connectivity index (χ3v) is 3.66. The van der Waals surface area contributed by atoms with Crippen LogP contribution in [0.1, 0.15) is 12.5 Å². The Bertz CT molecular complexity index is 788. The number of pyridine rings is 1. The summed E-state index contributed by atoms with van der Waals surface area (Å²) in [5, 5.41) is 3.20. The first-order chi connectivity index (χ1) is 11.5. The van der Waals surface area contributed by atoms with Gasteiger partial charge in [-0.25, -0.2) is 0 Å². The summed E-state index contributed by atoms with van der Waals surface area (Å²) in [7, 11) is 0. The lowest BCUT2D eigenvalue weighted by molar-refractivity contribution is -0.155. The fraction of sp³-hybridized carbons (Fsp3) is 0.235. The highest BCUT2D eigenvalue weighted by Crippen LogP contribution is 2.14. The van der Waals surface area contributed by atoms with Crippen molar-refractivity contribution in [2.45, 2.75) is 26.1 Å². The number of aromatic nitrogens is 1. The maximum absolute atomic E-state index is 12.0. The van der Waals surface area contributed by atoms with Gasteiger partial charge in [0.2, 0.25) is 0 Å². The second-order valence-corrected chi connectivity index (χ2v) is 5.52. The number of carbonyl (C=O) groups excluding carboxylic acids is 2. The zero-order valence-electron chi connectivity index (χ0n) is 13.1. The largest absolute Gasteiger partial charge is 0.451 e. The Morgan fingerprint density at radius 1 is 1.21 bits per heavy atom. The third-order valence-electron chi connectivity index (χ3n) is 3.29. The van der Waals surface area contributed by atoms with E-state index in [1.165, 1.54) is 23.8 Å². The summed E-state index contributed by atoms with van der Waals surface area (Å²) < 4.78 is 6.25. The number of benzene rings is 1. The number of nitrogens with one attached hydrogen (secondary N) is 1. The molecule has 0 saturated carbocycles. The summed E-state index contributed by atoms with van der Waals surface area (Å²) in [5.41, 5.74) is 0.451. The van der Waals surface area contributed by atoms with Crippen LogP contribution in [0.25, 0.3) is 0 Å². The molecule has 0 bridgehead atoms. The Kier molecular flexibility index (Phi) is 6.14. The van der Waals surface area contributed by atoms with Crippen molar-refractivity contribution < 1.29 is 14.3 Å². The molecule has 1 amide bonds. The monoisotopic (exact) mass is 348 g/mol. The summed E-state index contributed by atoms with van der Waals surface area (Å²) in [4.78, 5) is 35.3. The number of nitrogens with zero attached hydrogens (tertiary/aromatic N) is 1. The molecule has 0 aliphatic heterocycles. The minimum atomic E-state index is -0.973. The number of esters is 1. The van der Waals surface area contributed by atoms with E-state index >= 15 is 0 Å². The van der Waals surface area contributed by atoms with Gasteiger partial charge in [0.25, 0.3) is 11.5 Å². The molecule has 1 aromatic carbocycles. The number of carbonyl (C=O) groups is 2. The van der Waals surface area contributed by atoms with E-state index in [1.807, 2.05) is 6.07 Å². The minimum absolute atomic E-state index is 0.235. The van der Waals surface area contributed by atoms with Crippen molar-refractivity contribution in [3.8, 4) is 0 Å². The summed E-state index contributed by atoms with van der Waals surface area (Å²) in [6, 6.07) is 11.7. The first-order valence-corrected chi connectivity index (χ1v) is 7.71. The number of amides is 1. The molecule has 2 aromatic rings. The fourth-order valence-corrected chi connectivity index (χ4v) is 2.19. The van der Waals surface area contributed by atoms with Gasteiger partial charge in [0.1, 0.15) is 6.54 Å². The van der Waals surface area contributed by atoms with Crippen LogP contribution in [0.15, 0.2) is 53.5 Å². The Labute approximate surface area is 144 Å². The van der Waals surface area contributed by atoms with E-state index in [0.29, 0.717) is 5.02 Å². The molecular formula is C17H17ClN2O4. The van der Waals surface area contributed by atoms with Gasteiger partial charge in [-0.3, -0.25) is 14.4 Å². The molecule has 126 valence electrons. The molecule has 24 heavy (non-hydrogen) atoms. The molecule has 1 atom stereocenters. The predicted octanol–water partition coefficient (Wildman–Crippen LogP) is 1.75. The highest BCUT2D eigenvalue weighted by Gasteiger charge is 2.18. The van der Waals surface area contributed by atoms with Crippen LogP contribution in [0.3, 0.4) is 0 Å². The van der Waals surface area contributed by atoms with Crippen molar-refractivity contribution in [2.24, 2.45) is 0 Å². The highest BCUT2D eigenvalue weighted by atomic mass is 35.5. The van der Waals surface area contributed by atoms with Gasteiger partial charge in [-0.2, -0.15) is 0 Å². The normalized spacial score (nSPS) is 11.6. The molecule has 0 aliphatic carbocycles. The van der Waals surface area contributed by atoms with E-state index in [-0.39, 0.29) is 18.6 Å². The average Bonchev–Trinajstić information content (AvgIpc) is 2.56. The maximum Gasteiger partial charge on any atom is 0.326 e. The summed E-state index contributed by atoms with van der Waals surface area (Å²) in [6.07, 6.45) is 0.505. The second kappa shape index (κ2) is 8.31. The number of rotatable bonds is 6. The van der Waals surface area contributed by atoms with E-state index in [1.54, 1.807) is 30.3 Å². The van der Waals surface area contributed by atoms with Crippen molar-refractivity contribution in [3.05, 3.63) is 69.6 Å². The summed E-state index contributed by atoms with van der Waals surface area (Å²) in [6.45, 7) is 1.45. The molecule has 0 spiro atoms. The molecular weight excluding hydrogens is 332 g/mol. The second-order valence-electron chi connectivity index (χ2n) is 5.11. The smallest absolute Gasteiger partial charge is 0.326 e. The van der Waals surface area contributed by atoms with Gasteiger partial charge >= 0.3 is 5.97 Å². The molecule has 0 radical (unpaired) electrons. The van der Waals surface area contributed by atoms with Crippen LogP contribution in [0.4, 0.5) is 0 Å². The van der Waals surface area contributed by atoms with Gasteiger partial charge in [-0.05, 0) is 24.6 Å².